The van der Waals surface area contributed by atoms with Gasteiger partial charge in [0.15, 0.2) is 0 Å². The zero-order valence-corrected chi connectivity index (χ0v) is 17.7. The highest BCUT2D eigenvalue weighted by Crippen LogP contribution is 2.38. The van der Waals surface area contributed by atoms with E-state index in [1.165, 1.54) is 16.3 Å². The smallest absolute Gasteiger partial charge is 0.284 e. The summed E-state index contributed by atoms with van der Waals surface area (Å²) in [6.07, 6.45) is 1.47. The van der Waals surface area contributed by atoms with Gasteiger partial charge < -0.3 is 5.11 Å². The van der Waals surface area contributed by atoms with E-state index < -0.39 is 16.1 Å². The van der Waals surface area contributed by atoms with Crippen molar-refractivity contribution in [1.29, 1.82) is 0 Å². The summed E-state index contributed by atoms with van der Waals surface area (Å²) >= 11 is 1.33. The summed E-state index contributed by atoms with van der Waals surface area (Å²) in [6.45, 7) is 0. The van der Waals surface area contributed by atoms with Crippen molar-refractivity contribution < 1.29 is 18.3 Å². The highest BCUT2D eigenvalue weighted by Gasteiger charge is 2.35. The van der Waals surface area contributed by atoms with Gasteiger partial charge in [0.25, 0.3) is 5.91 Å². The standard InChI is InChI=1S/C21H19N3O4S2/c1-30(27,28)23-15-7-4-6-14(12-15)17-13-18(16-8-2-3-9-19(16)25)24(22-17)21(26)20-10-5-11-29-20/h2-12,18,23,25H,13H2,1H3/t18-/m1/s1. The van der Waals surface area contributed by atoms with E-state index in [4.69, 9.17) is 0 Å². The highest BCUT2D eigenvalue weighted by atomic mass is 32.2. The van der Waals surface area contributed by atoms with E-state index in [0.717, 1.165) is 6.26 Å². The second-order valence-corrected chi connectivity index (χ2v) is 9.60. The van der Waals surface area contributed by atoms with Crippen molar-refractivity contribution in [3.05, 3.63) is 82.0 Å². The Kier molecular flexibility index (Phi) is 5.31. The molecule has 2 N–H and O–H groups in total. The van der Waals surface area contributed by atoms with Crippen LogP contribution in [0.25, 0.3) is 0 Å². The van der Waals surface area contributed by atoms with Gasteiger partial charge in [-0.1, -0.05) is 36.4 Å². The summed E-state index contributed by atoms with van der Waals surface area (Å²) in [6, 6.07) is 16.8. The summed E-state index contributed by atoms with van der Waals surface area (Å²) in [4.78, 5) is 13.6. The lowest BCUT2D eigenvalue weighted by Crippen LogP contribution is -2.26. The number of rotatable bonds is 5. The molecule has 4 rings (SSSR count). The molecule has 0 spiro atoms. The summed E-state index contributed by atoms with van der Waals surface area (Å²) in [5, 5.41) is 18.2. The van der Waals surface area contributed by atoms with Crippen LogP contribution in [0.1, 0.15) is 33.3 Å². The Bertz CT molecular complexity index is 1220. The first-order valence-electron chi connectivity index (χ1n) is 9.12. The molecule has 0 aliphatic carbocycles. The Hall–Kier alpha value is -3.17. The number of benzene rings is 2. The van der Waals surface area contributed by atoms with Crippen molar-refractivity contribution >= 4 is 38.7 Å². The van der Waals surface area contributed by atoms with Crippen LogP contribution in [0.5, 0.6) is 5.75 Å². The van der Waals surface area contributed by atoms with E-state index in [0.29, 0.717) is 33.8 Å². The van der Waals surface area contributed by atoms with Gasteiger partial charge in [0.05, 0.1) is 22.9 Å². The number of hydrogen-bond donors (Lipinski definition) is 2. The topological polar surface area (TPSA) is 99.1 Å². The zero-order chi connectivity index (χ0) is 21.3. The van der Waals surface area contributed by atoms with Crippen molar-refractivity contribution in [3.8, 4) is 5.75 Å². The molecule has 154 valence electrons. The number of amides is 1. The third-order valence-electron chi connectivity index (χ3n) is 4.65. The Labute approximate surface area is 178 Å². The zero-order valence-electron chi connectivity index (χ0n) is 16.0. The number of para-hydroxylation sites is 1. The number of nitrogens with one attached hydrogen (secondary N) is 1. The Morgan fingerprint density at radius 3 is 2.67 bits per heavy atom. The lowest BCUT2D eigenvalue weighted by atomic mass is 9.97. The number of nitrogens with zero attached hydrogens (tertiary/aromatic N) is 2. The van der Waals surface area contributed by atoms with Crippen LogP contribution < -0.4 is 4.72 Å². The Balaban J connectivity index is 1.73. The number of carbonyl (C=O) groups excluding carboxylic acids is 1. The molecule has 9 heteroatoms. The van der Waals surface area contributed by atoms with Crippen LogP contribution in [0.4, 0.5) is 5.69 Å². The molecule has 1 aromatic heterocycles. The van der Waals surface area contributed by atoms with Gasteiger partial charge in [0.2, 0.25) is 10.0 Å². The molecule has 1 aliphatic rings. The fourth-order valence-electron chi connectivity index (χ4n) is 3.37. The van der Waals surface area contributed by atoms with E-state index in [1.807, 2.05) is 11.4 Å². The molecule has 0 fully saturated rings. The van der Waals surface area contributed by atoms with E-state index in [9.17, 15) is 18.3 Å². The lowest BCUT2D eigenvalue weighted by molar-refractivity contribution is 0.0714. The molecular formula is C21H19N3O4S2. The minimum Gasteiger partial charge on any atom is -0.508 e. The fraction of sp³-hybridized carbons (Fsp3) is 0.143. The second kappa shape index (κ2) is 7.92. The summed E-state index contributed by atoms with van der Waals surface area (Å²) < 4.78 is 25.6. The van der Waals surface area contributed by atoms with Gasteiger partial charge in [-0.15, -0.1) is 11.3 Å². The molecule has 1 amide bonds. The monoisotopic (exact) mass is 441 g/mol. The predicted molar refractivity (Wildman–Crippen MR) is 117 cm³/mol. The molecule has 0 unspecified atom stereocenters. The van der Waals surface area contributed by atoms with Crippen LogP contribution in [0, 0.1) is 0 Å². The largest absolute Gasteiger partial charge is 0.508 e. The van der Waals surface area contributed by atoms with E-state index in [2.05, 4.69) is 9.82 Å². The van der Waals surface area contributed by atoms with Gasteiger partial charge in [-0.3, -0.25) is 9.52 Å². The number of sulfonamides is 1. The molecule has 1 aliphatic heterocycles. The van der Waals surface area contributed by atoms with Crippen LogP contribution in [0.3, 0.4) is 0 Å². The van der Waals surface area contributed by atoms with Gasteiger partial charge in [-0.25, -0.2) is 13.4 Å². The van der Waals surface area contributed by atoms with E-state index >= 15 is 0 Å². The van der Waals surface area contributed by atoms with Gasteiger partial charge in [-0.05, 0) is 35.2 Å². The maximum atomic E-state index is 13.1. The third-order valence-corrected chi connectivity index (χ3v) is 6.11. The third kappa shape index (κ3) is 4.22. The molecule has 0 bridgehead atoms. The molecule has 0 radical (unpaired) electrons. The van der Waals surface area contributed by atoms with Crippen molar-refractivity contribution in [2.45, 2.75) is 12.5 Å². The van der Waals surface area contributed by atoms with Crippen molar-refractivity contribution in [2.75, 3.05) is 11.0 Å². The van der Waals surface area contributed by atoms with Gasteiger partial charge >= 0.3 is 0 Å². The van der Waals surface area contributed by atoms with Gasteiger partial charge in [0, 0.05) is 17.7 Å². The maximum Gasteiger partial charge on any atom is 0.284 e. The van der Waals surface area contributed by atoms with Crippen LogP contribution in [0.2, 0.25) is 0 Å². The number of carbonyl (C=O) groups is 1. The first kappa shape index (κ1) is 20.1. The van der Waals surface area contributed by atoms with Crippen molar-refractivity contribution in [2.24, 2.45) is 5.10 Å². The Morgan fingerprint density at radius 1 is 1.17 bits per heavy atom. The molecule has 2 aromatic carbocycles. The molecule has 7 nitrogen and oxygen atoms in total. The number of hydrogen-bond acceptors (Lipinski definition) is 6. The molecular weight excluding hydrogens is 422 g/mol. The number of aromatic hydroxyl groups is 1. The average Bonchev–Trinajstić information content (AvgIpc) is 3.37. The Morgan fingerprint density at radius 2 is 1.97 bits per heavy atom. The van der Waals surface area contributed by atoms with Gasteiger partial charge in [-0.2, -0.15) is 5.10 Å². The number of hydrazone groups is 1. The number of phenols is 1. The number of phenolic OH excluding ortho intramolecular Hbond substituents is 1. The normalized spacial score (nSPS) is 16.4. The predicted octanol–water partition coefficient (Wildman–Crippen LogP) is 3.82. The summed E-state index contributed by atoms with van der Waals surface area (Å²) in [5.41, 5.74) is 2.35. The first-order valence-corrected chi connectivity index (χ1v) is 11.9. The highest BCUT2D eigenvalue weighted by molar-refractivity contribution is 7.92. The SMILES string of the molecule is CS(=O)(=O)Nc1cccc(C2=NN(C(=O)c3cccs3)[C@@H](c3ccccc3O)C2)c1. The van der Waals surface area contributed by atoms with E-state index in [1.54, 1.807) is 54.6 Å². The molecule has 30 heavy (non-hydrogen) atoms. The van der Waals surface area contributed by atoms with Crippen molar-refractivity contribution in [3.63, 3.8) is 0 Å². The molecule has 3 aromatic rings. The minimum absolute atomic E-state index is 0.0930. The fourth-order valence-corrected chi connectivity index (χ4v) is 4.58. The number of anilines is 1. The molecule has 2 heterocycles. The molecule has 0 saturated heterocycles. The summed E-state index contributed by atoms with van der Waals surface area (Å²) in [7, 11) is -3.42. The van der Waals surface area contributed by atoms with Gasteiger partial charge in [0.1, 0.15) is 5.75 Å². The second-order valence-electron chi connectivity index (χ2n) is 6.91. The van der Waals surface area contributed by atoms with Crippen molar-refractivity contribution in [1.82, 2.24) is 5.01 Å². The lowest BCUT2D eigenvalue weighted by Gasteiger charge is -2.22. The van der Waals surface area contributed by atoms with Crippen LogP contribution >= 0.6 is 11.3 Å². The minimum atomic E-state index is -3.42. The first-order chi connectivity index (χ1) is 14.3. The summed E-state index contributed by atoms with van der Waals surface area (Å²) in [5.74, 6) is -0.158. The van der Waals surface area contributed by atoms with Crippen LogP contribution in [0.15, 0.2) is 71.1 Å². The molecule has 1 atom stereocenters. The van der Waals surface area contributed by atoms with E-state index in [-0.39, 0.29) is 11.7 Å². The van der Waals surface area contributed by atoms with Crippen LogP contribution in [-0.4, -0.2) is 36.4 Å². The molecule has 0 saturated carbocycles. The number of thiophene rings is 1. The maximum absolute atomic E-state index is 13.1. The quantitative estimate of drug-likeness (QED) is 0.629. The average molecular weight is 442 g/mol. The van der Waals surface area contributed by atoms with Crippen LogP contribution in [-0.2, 0) is 10.0 Å².